The summed E-state index contributed by atoms with van der Waals surface area (Å²) in [6.45, 7) is 23.6. The van der Waals surface area contributed by atoms with E-state index in [9.17, 15) is 0 Å². The van der Waals surface area contributed by atoms with Crippen LogP contribution in [0, 0.1) is 22.2 Å². The number of hydrogen-bond acceptors (Lipinski definition) is 0. The molecule has 0 aliphatic carbocycles. The fraction of sp³-hybridized carbons (Fsp3) is 0.882. The number of hydrogen-bond donors (Lipinski definition) is 0. The lowest BCUT2D eigenvalue weighted by molar-refractivity contribution is 0.0516. The number of rotatable bonds is 4. The van der Waals surface area contributed by atoms with Crippen molar-refractivity contribution in [2.75, 3.05) is 0 Å². The first-order valence-corrected chi connectivity index (χ1v) is 7.12. The van der Waals surface area contributed by atoms with Gasteiger partial charge in [0, 0.05) is 0 Å². The van der Waals surface area contributed by atoms with Crippen molar-refractivity contribution in [3.05, 3.63) is 11.6 Å². The Morgan fingerprint density at radius 1 is 1.00 bits per heavy atom. The lowest BCUT2D eigenvalue weighted by Gasteiger charge is -2.52. The van der Waals surface area contributed by atoms with Gasteiger partial charge in [-0.3, -0.25) is 0 Å². The molecule has 0 bridgehead atoms. The van der Waals surface area contributed by atoms with Crippen LogP contribution in [0.4, 0.5) is 0 Å². The standard InChI is InChI=1S/C17H34/c1-11-14(15(5,6)7)17(10,12-2)16(8,9)13(3)4/h11,13H,12H2,1-10H3/b14-11+. The lowest BCUT2D eigenvalue weighted by Crippen LogP contribution is -2.43. The van der Waals surface area contributed by atoms with Crippen molar-refractivity contribution in [3.8, 4) is 0 Å². The van der Waals surface area contributed by atoms with Gasteiger partial charge in [0.15, 0.2) is 0 Å². The first kappa shape index (κ1) is 16.7. The summed E-state index contributed by atoms with van der Waals surface area (Å²) in [6.07, 6.45) is 3.56. The molecule has 0 aromatic carbocycles. The van der Waals surface area contributed by atoms with E-state index in [0.29, 0.717) is 11.3 Å². The molecule has 0 rings (SSSR count). The molecule has 0 heteroatoms. The summed E-state index contributed by atoms with van der Waals surface area (Å²) >= 11 is 0. The highest BCUT2D eigenvalue weighted by molar-refractivity contribution is 5.23. The van der Waals surface area contributed by atoms with Crippen LogP contribution in [0.3, 0.4) is 0 Å². The summed E-state index contributed by atoms with van der Waals surface area (Å²) in [5.41, 5.74) is 2.45. The molecule has 0 N–H and O–H groups in total. The van der Waals surface area contributed by atoms with Crippen molar-refractivity contribution in [1.82, 2.24) is 0 Å². The average molecular weight is 238 g/mol. The largest absolute Gasteiger partial charge is 0.0874 e. The summed E-state index contributed by atoms with van der Waals surface area (Å²) in [5, 5.41) is 0. The van der Waals surface area contributed by atoms with E-state index in [2.05, 4.69) is 75.3 Å². The van der Waals surface area contributed by atoms with E-state index in [1.807, 2.05) is 0 Å². The van der Waals surface area contributed by atoms with Gasteiger partial charge < -0.3 is 0 Å². The molecule has 0 saturated heterocycles. The van der Waals surface area contributed by atoms with E-state index in [4.69, 9.17) is 0 Å². The van der Waals surface area contributed by atoms with Gasteiger partial charge in [-0.15, -0.1) is 0 Å². The van der Waals surface area contributed by atoms with Crippen molar-refractivity contribution in [1.29, 1.82) is 0 Å². The third-order valence-corrected chi connectivity index (χ3v) is 5.26. The fourth-order valence-corrected chi connectivity index (χ4v) is 3.21. The van der Waals surface area contributed by atoms with Crippen molar-refractivity contribution >= 4 is 0 Å². The van der Waals surface area contributed by atoms with Crippen LogP contribution >= 0.6 is 0 Å². The van der Waals surface area contributed by atoms with Crippen molar-refractivity contribution in [2.45, 2.75) is 75.7 Å². The predicted octanol–water partition coefficient (Wildman–Crippen LogP) is 6.08. The topological polar surface area (TPSA) is 0 Å². The van der Waals surface area contributed by atoms with Crippen LogP contribution in [0.25, 0.3) is 0 Å². The van der Waals surface area contributed by atoms with Crippen molar-refractivity contribution < 1.29 is 0 Å². The molecule has 0 aromatic heterocycles. The third kappa shape index (κ3) is 2.95. The van der Waals surface area contributed by atoms with E-state index in [1.165, 1.54) is 6.42 Å². The molecule has 0 nitrogen and oxygen atoms in total. The Bertz CT molecular complexity index is 273. The molecule has 0 saturated carbocycles. The van der Waals surface area contributed by atoms with Gasteiger partial charge in [0.2, 0.25) is 0 Å². The zero-order chi connectivity index (χ0) is 14.1. The van der Waals surface area contributed by atoms with Crippen molar-refractivity contribution in [2.24, 2.45) is 22.2 Å². The summed E-state index contributed by atoms with van der Waals surface area (Å²) < 4.78 is 0. The molecular weight excluding hydrogens is 204 g/mol. The molecule has 1 atom stereocenters. The molecule has 17 heavy (non-hydrogen) atoms. The Labute approximate surface area is 110 Å². The van der Waals surface area contributed by atoms with Crippen LogP contribution < -0.4 is 0 Å². The third-order valence-electron chi connectivity index (χ3n) is 5.26. The Kier molecular flexibility index (Phi) is 5.08. The Morgan fingerprint density at radius 2 is 1.41 bits per heavy atom. The van der Waals surface area contributed by atoms with Gasteiger partial charge in [-0.05, 0) is 35.5 Å². The minimum atomic E-state index is 0.256. The smallest absolute Gasteiger partial charge is 0.00603 e. The minimum Gasteiger partial charge on any atom is -0.0874 e. The van der Waals surface area contributed by atoms with Crippen LogP contribution in [0.2, 0.25) is 0 Å². The molecule has 0 aliphatic rings. The van der Waals surface area contributed by atoms with Gasteiger partial charge in [-0.1, -0.05) is 74.0 Å². The van der Waals surface area contributed by atoms with E-state index in [0.717, 1.165) is 0 Å². The summed E-state index contributed by atoms with van der Waals surface area (Å²) in [6, 6.07) is 0. The van der Waals surface area contributed by atoms with Crippen LogP contribution in [0.15, 0.2) is 11.6 Å². The monoisotopic (exact) mass is 238 g/mol. The van der Waals surface area contributed by atoms with Crippen LogP contribution in [0.5, 0.6) is 0 Å². The maximum atomic E-state index is 2.45. The van der Waals surface area contributed by atoms with E-state index >= 15 is 0 Å². The Balaban J connectivity index is 5.74. The normalized spacial score (nSPS) is 18.4. The van der Waals surface area contributed by atoms with Gasteiger partial charge in [0.1, 0.15) is 0 Å². The second kappa shape index (κ2) is 5.16. The number of allylic oxidation sites excluding steroid dienone is 2. The predicted molar refractivity (Wildman–Crippen MR) is 80.2 cm³/mol. The highest BCUT2D eigenvalue weighted by atomic mass is 14.5. The van der Waals surface area contributed by atoms with Crippen LogP contribution in [-0.2, 0) is 0 Å². The molecule has 102 valence electrons. The maximum Gasteiger partial charge on any atom is -0.00603 e. The summed E-state index contributed by atoms with van der Waals surface area (Å²) in [4.78, 5) is 0. The van der Waals surface area contributed by atoms with Gasteiger partial charge in [-0.25, -0.2) is 0 Å². The first-order valence-electron chi connectivity index (χ1n) is 7.12. The molecule has 0 spiro atoms. The van der Waals surface area contributed by atoms with E-state index < -0.39 is 0 Å². The first-order chi connectivity index (χ1) is 7.45. The molecule has 0 aliphatic heterocycles. The molecule has 0 aromatic rings. The molecule has 0 radical (unpaired) electrons. The lowest BCUT2D eigenvalue weighted by atomic mass is 9.53. The SMILES string of the molecule is C/C=C(\C(C)(C)C)C(C)(CC)C(C)(C)C(C)C. The maximum absolute atomic E-state index is 2.45. The fourth-order valence-electron chi connectivity index (χ4n) is 3.21. The molecular formula is C17H34. The average Bonchev–Trinajstić information content (AvgIpc) is 2.15. The van der Waals surface area contributed by atoms with Gasteiger partial charge in [0.25, 0.3) is 0 Å². The van der Waals surface area contributed by atoms with Crippen LogP contribution in [0.1, 0.15) is 75.7 Å². The molecule has 0 fully saturated rings. The molecule has 0 amide bonds. The second-order valence-electron chi connectivity index (χ2n) is 7.51. The quantitative estimate of drug-likeness (QED) is 0.521. The molecule has 0 heterocycles. The van der Waals surface area contributed by atoms with Crippen LogP contribution in [-0.4, -0.2) is 0 Å². The molecule has 1 unspecified atom stereocenters. The van der Waals surface area contributed by atoms with Gasteiger partial charge in [0.05, 0.1) is 0 Å². The highest BCUT2D eigenvalue weighted by Crippen LogP contribution is 2.55. The minimum absolute atomic E-state index is 0.256. The second-order valence-corrected chi connectivity index (χ2v) is 7.51. The zero-order valence-corrected chi connectivity index (χ0v) is 13.9. The van der Waals surface area contributed by atoms with E-state index in [-0.39, 0.29) is 10.8 Å². The highest BCUT2D eigenvalue weighted by Gasteiger charge is 2.46. The van der Waals surface area contributed by atoms with E-state index in [1.54, 1.807) is 5.57 Å². The summed E-state index contributed by atoms with van der Waals surface area (Å²) in [5.74, 6) is 0.685. The Morgan fingerprint density at radius 3 is 1.59 bits per heavy atom. The zero-order valence-electron chi connectivity index (χ0n) is 13.9. The van der Waals surface area contributed by atoms with Crippen molar-refractivity contribution in [3.63, 3.8) is 0 Å². The van der Waals surface area contributed by atoms with Gasteiger partial charge in [-0.2, -0.15) is 0 Å². The van der Waals surface area contributed by atoms with Gasteiger partial charge >= 0.3 is 0 Å². The Hall–Kier alpha value is -0.260. The summed E-state index contributed by atoms with van der Waals surface area (Å²) in [7, 11) is 0.